The lowest BCUT2D eigenvalue weighted by Gasteiger charge is -2.27. The molecule has 0 spiro atoms. The summed E-state index contributed by atoms with van der Waals surface area (Å²) >= 11 is 6.59. The van der Waals surface area contributed by atoms with E-state index < -0.39 is 5.60 Å². The summed E-state index contributed by atoms with van der Waals surface area (Å²) in [4.78, 5) is 14.5. The number of aromatic nitrogens is 2. The molecular weight excluding hydrogens is 378 g/mol. The Labute approximate surface area is 171 Å². The van der Waals surface area contributed by atoms with Crippen molar-refractivity contribution >= 4 is 28.6 Å². The molecule has 1 aliphatic carbocycles. The zero-order valence-corrected chi connectivity index (χ0v) is 18.2. The van der Waals surface area contributed by atoms with E-state index in [1.807, 2.05) is 43.3 Å². The van der Waals surface area contributed by atoms with Crippen LogP contribution >= 0.6 is 11.6 Å². The van der Waals surface area contributed by atoms with Gasteiger partial charge >= 0.3 is 6.09 Å². The first-order chi connectivity index (χ1) is 13.2. The molecule has 0 radical (unpaired) electrons. The van der Waals surface area contributed by atoms with Crippen molar-refractivity contribution in [2.45, 2.75) is 71.7 Å². The molecule has 2 aromatic rings. The predicted octanol–water partition coefficient (Wildman–Crippen LogP) is 4.93. The fourth-order valence-corrected chi connectivity index (χ4v) is 3.73. The Kier molecular flexibility index (Phi) is 6.20. The first-order valence-corrected chi connectivity index (χ1v) is 10.2. The summed E-state index contributed by atoms with van der Waals surface area (Å²) in [5.74, 6) is 0. The number of fused-ring (bicyclic) bond motifs is 1. The highest BCUT2D eigenvalue weighted by molar-refractivity contribution is 6.35. The Hall–Kier alpha value is -1.79. The van der Waals surface area contributed by atoms with Gasteiger partial charge in [-0.05, 0) is 64.7 Å². The molecule has 3 rings (SSSR count). The monoisotopic (exact) mass is 407 g/mol. The Morgan fingerprint density at radius 1 is 1.36 bits per heavy atom. The molecule has 1 fully saturated rings. The smallest absolute Gasteiger partial charge is 0.410 e. The maximum Gasteiger partial charge on any atom is 0.410 e. The van der Waals surface area contributed by atoms with E-state index in [2.05, 4.69) is 11.2 Å². The second-order valence-electron chi connectivity index (χ2n) is 8.47. The van der Waals surface area contributed by atoms with Crippen molar-refractivity contribution in [3.63, 3.8) is 0 Å². The fourth-order valence-electron chi connectivity index (χ4n) is 3.36. The highest BCUT2D eigenvalue weighted by atomic mass is 35.5. The molecule has 0 saturated heterocycles. The lowest BCUT2D eigenvalue weighted by atomic mass is 10.1. The van der Waals surface area contributed by atoms with E-state index in [0.717, 1.165) is 48.0 Å². The summed E-state index contributed by atoms with van der Waals surface area (Å²) in [7, 11) is 1.70. The molecule has 0 aliphatic heterocycles. The maximum atomic E-state index is 12.7. The van der Waals surface area contributed by atoms with Gasteiger partial charge in [-0.15, -0.1) is 0 Å². The number of carbonyl (C=O) groups excluding carboxylic acids is 1. The van der Waals surface area contributed by atoms with Crippen molar-refractivity contribution in [1.82, 2.24) is 14.7 Å². The number of aryl methyl sites for hydroxylation is 2. The molecule has 1 aromatic carbocycles. The standard InChI is InChI=1S/C21H30ClN3O3/c1-14-19-17(22)11-15(12-18(19)25(23-14)9-6-10-27-5)13-24(16-7-8-16)20(26)28-21(2,3)4/h11-12,16H,6-10,13H2,1-5H3. The summed E-state index contributed by atoms with van der Waals surface area (Å²) in [5, 5.41) is 6.28. The summed E-state index contributed by atoms with van der Waals surface area (Å²) in [6.07, 6.45) is 2.64. The number of carbonyl (C=O) groups is 1. The van der Waals surface area contributed by atoms with Crippen LogP contribution in [-0.2, 0) is 22.6 Å². The molecule has 0 atom stereocenters. The number of nitrogens with zero attached hydrogens (tertiary/aromatic N) is 3. The summed E-state index contributed by atoms with van der Waals surface area (Å²) in [6, 6.07) is 4.28. The van der Waals surface area contributed by atoms with Crippen LogP contribution in [-0.4, -0.2) is 46.1 Å². The average molecular weight is 408 g/mol. The zero-order valence-electron chi connectivity index (χ0n) is 17.4. The number of halogens is 1. The molecule has 1 aromatic heterocycles. The van der Waals surface area contributed by atoms with Crippen molar-refractivity contribution < 1.29 is 14.3 Å². The van der Waals surface area contributed by atoms with Crippen molar-refractivity contribution in [2.75, 3.05) is 13.7 Å². The van der Waals surface area contributed by atoms with Crippen LogP contribution in [0.5, 0.6) is 0 Å². The Morgan fingerprint density at radius 3 is 2.68 bits per heavy atom. The number of ether oxygens (including phenoxy) is 2. The molecule has 0 bridgehead atoms. The van der Waals surface area contributed by atoms with Crippen LogP contribution < -0.4 is 0 Å². The van der Waals surface area contributed by atoms with Gasteiger partial charge in [-0.3, -0.25) is 4.68 Å². The van der Waals surface area contributed by atoms with E-state index in [9.17, 15) is 4.79 Å². The molecule has 1 amide bonds. The van der Waals surface area contributed by atoms with Crippen LogP contribution in [0.1, 0.15) is 51.3 Å². The van der Waals surface area contributed by atoms with Crippen molar-refractivity contribution in [1.29, 1.82) is 0 Å². The van der Waals surface area contributed by atoms with Gasteiger partial charge in [0, 0.05) is 38.2 Å². The predicted molar refractivity (Wildman–Crippen MR) is 111 cm³/mol. The largest absolute Gasteiger partial charge is 0.444 e. The van der Waals surface area contributed by atoms with Crippen molar-refractivity contribution in [3.05, 3.63) is 28.4 Å². The third-order valence-electron chi connectivity index (χ3n) is 4.73. The third kappa shape index (κ3) is 4.97. The molecule has 1 aliphatic rings. The van der Waals surface area contributed by atoms with E-state index in [1.165, 1.54) is 0 Å². The van der Waals surface area contributed by atoms with Crippen molar-refractivity contribution in [2.24, 2.45) is 0 Å². The van der Waals surface area contributed by atoms with Gasteiger partial charge in [0.05, 0.1) is 16.2 Å². The maximum absolute atomic E-state index is 12.7. The second-order valence-corrected chi connectivity index (χ2v) is 8.87. The minimum Gasteiger partial charge on any atom is -0.444 e. The van der Waals surface area contributed by atoms with E-state index in [0.29, 0.717) is 18.2 Å². The van der Waals surface area contributed by atoms with E-state index in [1.54, 1.807) is 7.11 Å². The van der Waals surface area contributed by atoms with Gasteiger partial charge in [0.15, 0.2) is 0 Å². The molecule has 28 heavy (non-hydrogen) atoms. The summed E-state index contributed by atoms with van der Waals surface area (Å²) in [6.45, 7) is 9.56. The summed E-state index contributed by atoms with van der Waals surface area (Å²) < 4.78 is 12.7. The van der Waals surface area contributed by atoms with Gasteiger partial charge in [0.2, 0.25) is 0 Å². The molecule has 1 heterocycles. The number of rotatable bonds is 7. The van der Waals surface area contributed by atoms with Crippen LogP contribution in [0.25, 0.3) is 10.9 Å². The Bertz CT molecular complexity index is 853. The molecule has 7 heteroatoms. The van der Waals surface area contributed by atoms with Crippen LogP contribution in [0.2, 0.25) is 5.02 Å². The second kappa shape index (κ2) is 8.29. The lowest BCUT2D eigenvalue weighted by molar-refractivity contribution is 0.0217. The molecule has 0 N–H and O–H groups in total. The van der Waals surface area contributed by atoms with Gasteiger partial charge in [0.25, 0.3) is 0 Å². The van der Waals surface area contributed by atoms with E-state index in [4.69, 9.17) is 21.1 Å². The van der Waals surface area contributed by atoms with E-state index >= 15 is 0 Å². The lowest BCUT2D eigenvalue weighted by Crippen LogP contribution is -2.37. The topological polar surface area (TPSA) is 56.6 Å². The number of methoxy groups -OCH3 is 1. The first kappa shape index (κ1) is 20.9. The highest BCUT2D eigenvalue weighted by Gasteiger charge is 2.35. The molecule has 0 unspecified atom stereocenters. The molecule has 6 nitrogen and oxygen atoms in total. The van der Waals surface area contributed by atoms with Crippen LogP contribution in [0.4, 0.5) is 4.79 Å². The number of hydrogen-bond acceptors (Lipinski definition) is 4. The molecule has 1 saturated carbocycles. The highest BCUT2D eigenvalue weighted by Crippen LogP contribution is 2.33. The Balaban J connectivity index is 1.87. The normalized spacial score (nSPS) is 14.5. The van der Waals surface area contributed by atoms with Gasteiger partial charge < -0.3 is 14.4 Å². The molecular formula is C21H30ClN3O3. The fraction of sp³-hybridized carbons (Fsp3) is 0.619. The van der Waals surface area contributed by atoms with Gasteiger partial charge in [-0.25, -0.2) is 4.79 Å². The van der Waals surface area contributed by atoms with Gasteiger partial charge in [-0.2, -0.15) is 5.10 Å². The third-order valence-corrected chi connectivity index (χ3v) is 5.02. The number of hydrogen-bond donors (Lipinski definition) is 0. The van der Waals surface area contributed by atoms with E-state index in [-0.39, 0.29) is 12.1 Å². The van der Waals surface area contributed by atoms with Gasteiger partial charge in [-0.1, -0.05) is 11.6 Å². The van der Waals surface area contributed by atoms with Crippen LogP contribution in [0.15, 0.2) is 12.1 Å². The van der Waals surface area contributed by atoms with Crippen molar-refractivity contribution in [3.8, 4) is 0 Å². The van der Waals surface area contributed by atoms with Crippen LogP contribution in [0, 0.1) is 6.92 Å². The minimum atomic E-state index is -0.511. The van der Waals surface area contributed by atoms with Crippen LogP contribution in [0.3, 0.4) is 0 Å². The quantitative estimate of drug-likeness (QED) is 0.610. The van der Waals surface area contributed by atoms with Gasteiger partial charge in [0.1, 0.15) is 5.60 Å². The summed E-state index contributed by atoms with van der Waals surface area (Å²) in [5.41, 5.74) is 2.39. The molecule has 154 valence electrons. The number of benzene rings is 1. The SMILES string of the molecule is COCCCn1nc(C)c2c(Cl)cc(CN(C(=O)OC(C)(C)C)C3CC3)cc21. The zero-order chi connectivity index (χ0) is 20.5. The number of amides is 1. The first-order valence-electron chi connectivity index (χ1n) is 9.83. The Morgan fingerprint density at radius 2 is 2.07 bits per heavy atom. The minimum absolute atomic E-state index is 0.248. The average Bonchev–Trinajstić information content (AvgIpc) is 3.36.